The van der Waals surface area contributed by atoms with E-state index in [1.165, 1.54) is 0 Å². The van der Waals surface area contributed by atoms with Gasteiger partial charge in [0.1, 0.15) is 4.90 Å². The molecule has 1 aromatic carbocycles. The molecule has 4 nitrogen and oxygen atoms in total. The van der Waals surface area contributed by atoms with Gasteiger partial charge in [0.25, 0.3) is 0 Å². The van der Waals surface area contributed by atoms with Gasteiger partial charge in [0.05, 0.1) is 5.69 Å². The van der Waals surface area contributed by atoms with E-state index < -0.39 is 10.0 Å². The van der Waals surface area contributed by atoms with Crippen LogP contribution in [0.3, 0.4) is 0 Å². The second-order valence-electron chi connectivity index (χ2n) is 4.25. The van der Waals surface area contributed by atoms with Crippen molar-refractivity contribution in [2.45, 2.75) is 31.2 Å². The van der Waals surface area contributed by atoms with Crippen LogP contribution < -0.4 is 10.0 Å². The number of nitrogens with one attached hydrogen (secondary N) is 2. The maximum Gasteiger partial charge on any atom is 0.242 e. The summed E-state index contributed by atoms with van der Waals surface area (Å²) >= 11 is 1.82. The first kappa shape index (κ1) is 16.3. The van der Waals surface area contributed by atoms with E-state index in [2.05, 4.69) is 17.0 Å². The van der Waals surface area contributed by atoms with Crippen molar-refractivity contribution in [1.29, 1.82) is 0 Å². The van der Waals surface area contributed by atoms with Gasteiger partial charge in [-0.1, -0.05) is 19.1 Å². The van der Waals surface area contributed by atoms with Crippen molar-refractivity contribution in [1.82, 2.24) is 4.72 Å². The van der Waals surface area contributed by atoms with Gasteiger partial charge < -0.3 is 5.32 Å². The fourth-order valence-electron chi connectivity index (χ4n) is 1.70. The molecule has 0 heterocycles. The fourth-order valence-corrected chi connectivity index (χ4v) is 4.00. The van der Waals surface area contributed by atoms with Crippen LogP contribution in [0.1, 0.15) is 20.3 Å². The Morgan fingerprint density at radius 3 is 2.63 bits per heavy atom. The summed E-state index contributed by atoms with van der Waals surface area (Å²) in [5.41, 5.74) is 0.616. The van der Waals surface area contributed by atoms with Crippen LogP contribution >= 0.6 is 11.8 Å². The van der Waals surface area contributed by atoms with Gasteiger partial charge in [-0.3, -0.25) is 0 Å². The Labute approximate surface area is 120 Å². The molecule has 0 aliphatic heterocycles. The van der Waals surface area contributed by atoms with Gasteiger partial charge in [-0.05, 0) is 37.0 Å². The van der Waals surface area contributed by atoms with E-state index in [0.29, 0.717) is 10.6 Å². The zero-order valence-corrected chi connectivity index (χ0v) is 13.3. The highest BCUT2D eigenvalue weighted by Gasteiger charge is 2.19. The Morgan fingerprint density at radius 2 is 2.00 bits per heavy atom. The highest BCUT2D eigenvalue weighted by molar-refractivity contribution is 7.99. The summed E-state index contributed by atoms with van der Waals surface area (Å²) in [6, 6.07) is 6.85. The molecule has 2 N–H and O–H groups in total. The lowest BCUT2D eigenvalue weighted by Gasteiger charge is -2.16. The highest BCUT2D eigenvalue weighted by Crippen LogP contribution is 2.20. The first-order valence-corrected chi connectivity index (χ1v) is 9.02. The number of sulfonamides is 1. The summed E-state index contributed by atoms with van der Waals surface area (Å²) in [5.74, 6) is 2.02. The van der Waals surface area contributed by atoms with Crippen LogP contribution in [0, 0.1) is 0 Å². The summed E-state index contributed by atoms with van der Waals surface area (Å²) in [5, 5.41) is 2.90. The Morgan fingerprint density at radius 1 is 1.32 bits per heavy atom. The first-order valence-electron chi connectivity index (χ1n) is 6.38. The molecule has 108 valence electrons. The third-order valence-electron chi connectivity index (χ3n) is 2.70. The predicted octanol–water partition coefficient (Wildman–Crippen LogP) is 2.54. The molecular formula is C13H22N2O2S2. The molecule has 1 unspecified atom stereocenters. The number of thioether (sulfide) groups is 1. The number of hydrogen-bond acceptors (Lipinski definition) is 4. The van der Waals surface area contributed by atoms with Crippen molar-refractivity contribution in [3.8, 4) is 0 Å². The van der Waals surface area contributed by atoms with E-state index in [-0.39, 0.29) is 6.04 Å². The van der Waals surface area contributed by atoms with Gasteiger partial charge in [0.2, 0.25) is 10.0 Å². The largest absolute Gasteiger partial charge is 0.387 e. The lowest BCUT2D eigenvalue weighted by Crippen LogP contribution is -2.33. The molecule has 0 aliphatic carbocycles. The molecule has 6 heteroatoms. The second-order valence-corrected chi connectivity index (χ2v) is 7.33. The average Bonchev–Trinajstić information content (AvgIpc) is 2.38. The molecular weight excluding hydrogens is 280 g/mol. The fraction of sp³-hybridized carbons (Fsp3) is 0.538. The van der Waals surface area contributed by atoms with Gasteiger partial charge in [0, 0.05) is 13.1 Å². The normalized spacial score (nSPS) is 13.2. The summed E-state index contributed by atoms with van der Waals surface area (Å²) in [6.45, 7) is 4.00. The number of para-hydroxylation sites is 1. The van der Waals surface area contributed by atoms with Crippen molar-refractivity contribution in [2.75, 3.05) is 23.9 Å². The standard InChI is InChI=1S/C13H22N2O2S2/c1-4-18-10-9-11(2)15-19(16,17)13-8-6-5-7-12(13)14-3/h5-8,11,14-15H,4,9-10H2,1-3H3. The van der Waals surface area contributed by atoms with Crippen molar-refractivity contribution >= 4 is 27.5 Å². The van der Waals surface area contributed by atoms with E-state index in [1.807, 2.05) is 24.8 Å². The van der Waals surface area contributed by atoms with Crippen LogP contribution in [0.4, 0.5) is 5.69 Å². The molecule has 0 aliphatic rings. The number of rotatable bonds is 8. The smallest absolute Gasteiger partial charge is 0.242 e. The summed E-state index contributed by atoms with van der Waals surface area (Å²) < 4.78 is 27.3. The Balaban J connectivity index is 2.75. The third-order valence-corrected chi connectivity index (χ3v) is 5.28. The molecule has 1 aromatic rings. The maximum absolute atomic E-state index is 12.3. The van der Waals surface area contributed by atoms with Crippen LogP contribution in [-0.2, 0) is 10.0 Å². The second kappa shape index (κ2) is 7.77. The molecule has 0 saturated heterocycles. The Kier molecular flexibility index (Phi) is 6.68. The maximum atomic E-state index is 12.3. The number of benzene rings is 1. The average molecular weight is 302 g/mol. The monoisotopic (exact) mass is 302 g/mol. The number of anilines is 1. The molecule has 0 spiro atoms. The lowest BCUT2D eigenvalue weighted by molar-refractivity contribution is 0.557. The van der Waals surface area contributed by atoms with Gasteiger partial charge in [-0.25, -0.2) is 13.1 Å². The van der Waals surface area contributed by atoms with Gasteiger partial charge in [0.15, 0.2) is 0 Å². The summed E-state index contributed by atoms with van der Waals surface area (Å²) in [4.78, 5) is 0.299. The van der Waals surface area contributed by atoms with Gasteiger partial charge in [-0.15, -0.1) is 0 Å². The van der Waals surface area contributed by atoms with E-state index >= 15 is 0 Å². The van der Waals surface area contributed by atoms with Crippen LogP contribution in [0.5, 0.6) is 0 Å². The minimum absolute atomic E-state index is 0.0611. The SMILES string of the molecule is CCSCCC(C)NS(=O)(=O)c1ccccc1NC. The topological polar surface area (TPSA) is 58.2 Å². The van der Waals surface area contributed by atoms with Crippen molar-refractivity contribution in [3.63, 3.8) is 0 Å². The van der Waals surface area contributed by atoms with Crippen LogP contribution in [0.2, 0.25) is 0 Å². The van der Waals surface area contributed by atoms with Crippen molar-refractivity contribution in [3.05, 3.63) is 24.3 Å². The molecule has 0 amide bonds. The molecule has 1 atom stereocenters. The zero-order valence-electron chi connectivity index (χ0n) is 11.6. The van der Waals surface area contributed by atoms with E-state index in [1.54, 1.807) is 25.2 Å². The third kappa shape index (κ3) is 5.04. The minimum atomic E-state index is -3.46. The van der Waals surface area contributed by atoms with Crippen LogP contribution in [0.25, 0.3) is 0 Å². The van der Waals surface area contributed by atoms with Gasteiger partial charge in [-0.2, -0.15) is 11.8 Å². The van der Waals surface area contributed by atoms with Crippen molar-refractivity contribution < 1.29 is 8.42 Å². The van der Waals surface area contributed by atoms with Gasteiger partial charge >= 0.3 is 0 Å². The zero-order chi connectivity index (χ0) is 14.3. The molecule has 0 bridgehead atoms. The quantitative estimate of drug-likeness (QED) is 0.725. The molecule has 19 heavy (non-hydrogen) atoms. The minimum Gasteiger partial charge on any atom is -0.387 e. The van der Waals surface area contributed by atoms with E-state index in [9.17, 15) is 8.42 Å². The van der Waals surface area contributed by atoms with E-state index in [0.717, 1.165) is 17.9 Å². The molecule has 0 aromatic heterocycles. The number of hydrogen-bond donors (Lipinski definition) is 2. The lowest BCUT2D eigenvalue weighted by atomic mass is 10.3. The Bertz CT molecular complexity index is 489. The van der Waals surface area contributed by atoms with Crippen LogP contribution in [0.15, 0.2) is 29.2 Å². The van der Waals surface area contributed by atoms with E-state index in [4.69, 9.17) is 0 Å². The predicted molar refractivity (Wildman–Crippen MR) is 83.4 cm³/mol. The molecule has 0 saturated carbocycles. The summed E-state index contributed by atoms with van der Waals surface area (Å²) in [7, 11) is -1.74. The molecule has 0 radical (unpaired) electrons. The van der Waals surface area contributed by atoms with Crippen molar-refractivity contribution in [2.24, 2.45) is 0 Å². The molecule has 1 rings (SSSR count). The highest BCUT2D eigenvalue weighted by atomic mass is 32.2. The van der Waals surface area contributed by atoms with Crippen LogP contribution in [-0.4, -0.2) is 33.0 Å². The molecule has 0 fully saturated rings. The Hall–Kier alpha value is -0.720. The summed E-state index contributed by atoms with van der Waals surface area (Å²) in [6.07, 6.45) is 0.833. The first-order chi connectivity index (χ1) is 9.01.